The van der Waals surface area contributed by atoms with E-state index in [1.54, 1.807) is 12.3 Å². The second-order valence-electron chi connectivity index (χ2n) is 4.57. The monoisotopic (exact) mass is 293 g/mol. The first-order valence-electron chi connectivity index (χ1n) is 5.82. The third-order valence-corrected chi connectivity index (χ3v) is 4.17. The molecule has 19 heavy (non-hydrogen) atoms. The number of aryl methyl sites for hydroxylation is 1. The highest BCUT2D eigenvalue weighted by molar-refractivity contribution is 7.09. The fourth-order valence-electron chi connectivity index (χ4n) is 2.07. The average molecular weight is 293 g/mol. The van der Waals surface area contributed by atoms with E-state index in [-0.39, 0.29) is 26.1 Å². The molecular formula is C11H14F3N3OS. The lowest BCUT2D eigenvalue weighted by molar-refractivity contribution is -0.216. The van der Waals surface area contributed by atoms with Crippen LogP contribution in [0.4, 0.5) is 13.2 Å². The molecule has 8 heteroatoms. The molecule has 1 atom stereocenters. The molecule has 1 aliphatic rings. The summed E-state index contributed by atoms with van der Waals surface area (Å²) in [6.07, 6.45) is -4.77. The van der Waals surface area contributed by atoms with Gasteiger partial charge in [-0.2, -0.15) is 13.2 Å². The molecule has 4 nitrogen and oxygen atoms in total. The Morgan fingerprint density at radius 2 is 2.37 bits per heavy atom. The van der Waals surface area contributed by atoms with Gasteiger partial charge in [0.25, 0.3) is 0 Å². The molecule has 1 aliphatic heterocycles. The molecule has 1 aromatic heterocycles. The van der Waals surface area contributed by atoms with Crippen LogP contribution in [0.3, 0.4) is 0 Å². The summed E-state index contributed by atoms with van der Waals surface area (Å²) in [7, 11) is 0. The largest absolute Gasteiger partial charge is 0.404 e. The maximum absolute atomic E-state index is 13.1. The standard InChI is InChI=1S/C11H14F3N3OS/c1-7-5-19-8(17-7)4-16-9(18)10(11(12,13)14)2-3-15-6-10/h5,15H,2-4,6H2,1H3,(H,16,18). The zero-order valence-electron chi connectivity index (χ0n) is 10.3. The van der Waals surface area contributed by atoms with Crippen LogP contribution in [0.25, 0.3) is 0 Å². The molecule has 0 radical (unpaired) electrons. The second kappa shape index (κ2) is 5.09. The van der Waals surface area contributed by atoms with E-state index >= 15 is 0 Å². The van der Waals surface area contributed by atoms with Crippen LogP contribution in [0, 0.1) is 12.3 Å². The van der Waals surface area contributed by atoms with Crippen LogP contribution >= 0.6 is 11.3 Å². The summed E-state index contributed by atoms with van der Waals surface area (Å²) in [6.45, 7) is 1.66. The van der Waals surface area contributed by atoms with Gasteiger partial charge in [0.1, 0.15) is 5.01 Å². The average Bonchev–Trinajstić information content (AvgIpc) is 2.94. The van der Waals surface area contributed by atoms with Gasteiger partial charge in [-0.15, -0.1) is 11.3 Å². The van der Waals surface area contributed by atoms with Crippen molar-refractivity contribution in [1.82, 2.24) is 15.6 Å². The lowest BCUT2D eigenvalue weighted by atomic mass is 9.85. The Morgan fingerprint density at radius 3 is 2.84 bits per heavy atom. The summed E-state index contributed by atoms with van der Waals surface area (Å²) in [5, 5.41) is 7.36. The van der Waals surface area contributed by atoms with Gasteiger partial charge in [0, 0.05) is 17.6 Å². The Bertz CT molecular complexity index is 466. The molecule has 106 valence electrons. The van der Waals surface area contributed by atoms with Crippen molar-refractivity contribution in [1.29, 1.82) is 0 Å². The van der Waals surface area contributed by atoms with E-state index in [0.717, 1.165) is 5.69 Å². The summed E-state index contributed by atoms with van der Waals surface area (Å²) in [4.78, 5) is 16.0. The molecule has 0 aromatic carbocycles. The molecule has 1 unspecified atom stereocenters. The smallest absolute Gasteiger partial charge is 0.349 e. The number of carbonyl (C=O) groups is 1. The fraction of sp³-hybridized carbons (Fsp3) is 0.636. The van der Waals surface area contributed by atoms with Gasteiger partial charge in [0.2, 0.25) is 5.91 Å². The van der Waals surface area contributed by atoms with Gasteiger partial charge in [-0.25, -0.2) is 4.98 Å². The molecule has 2 heterocycles. The highest BCUT2D eigenvalue weighted by atomic mass is 32.1. The molecule has 1 fully saturated rings. The number of thiazole rings is 1. The van der Waals surface area contributed by atoms with Crippen molar-refractivity contribution in [2.45, 2.75) is 26.1 Å². The first-order valence-corrected chi connectivity index (χ1v) is 6.70. The van der Waals surface area contributed by atoms with E-state index in [4.69, 9.17) is 0 Å². The van der Waals surface area contributed by atoms with E-state index in [1.165, 1.54) is 11.3 Å². The van der Waals surface area contributed by atoms with Crippen molar-refractivity contribution in [3.8, 4) is 0 Å². The van der Waals surface area contributed by atoms with E-state index in [2.05, 4.69) is 15.6 Å². The van der Waals surface area contributed by atoms with Crippen molar-refractivity contribution in [3.05, 3.63) is 16.1 Å². The number of nitrogens with zero attached hydrogens (tertiary/aromatic N) is 1. The summed E-state index contributed by atoms with van der Waals surface area (Å²) in [5.41, 5.74) is -1.51. The van der Waals surface area contributed by atoms with Crippen LogP contribution in [0.5, 0.6) is 0 Å². The Kier molecular flexibility index (Phi) is 3.82. The van der Waals surface area contributed by atoms with Crippen molar-refractivity contribution in [2.24, 2.45) is 5.41 Å². The Hall–Kier alpha value is -1.15. The first-order chi connectivity index (χ1) is 8.85. The van der Waals surface area contributed by atoms with Gasteiger partial charge >= 0.3 is 6.18 Å². The van der Waals surface area contributed by atoms with E-state index in [9.17, 15) is 18.0 Å². The summed E-state index contributed by atoms with van der Waals surface area (Å²) in [6, 6.07) is 0. The maximum atomic E-state index is 13.1. The molecule has 1 aromatic rings. The van der Waals surface area contributed by atoms with Crippen molar-refractivity contribution < 1.29 is 18.0 Å². The van der Waals surface area contributed by atoms with Gasteiger partial charge in [-0.3, -0.25) is 4.79 Å². The molecule has 0 saturated carbocycles. The Morgan fingerprint density at radius 1 is 1.63 bits per heavy atom. The Balaban J connectivity index is 2.05. The SMILES string of the molecule is Cc1csc(CNC(=O)C2(C(F)(F)F)CCNC2)n1. The number of amides is 1. The minimum atomic E-state index is -4.54. The third-order valence-electron chi connectivity index (χ3n) is 3.20. The van der Waals surface area contributed by atoms with Gasteiger partial charge in [-0.05, 0) is 19.9 Å². The number of hydrogen-bond donors (Lipinski definition) is 2. The van der Waals surface area contributed by atoms with Gasteiger partial charge in [0.15, 0.2) is 5.41 Å². The third kappa shape index (κ3) is 2.74. The lowest BCUT2D eigenvalue weighted by Gasteiger charge is -2.29. The predicted octanol–water partition coefficient (Wildman–Crippen LogP) is 1.61. The van der Waals surface area contributed by atoms with Crippen LogP contribution in [-0.2, 0) is 11.3 Å². The molecular weight excluding hydrogens is 279 g/mol. The second-order valence-corrected chi connectivity index (χ2v) is 5.51. The van der Waals surface area contributed by atoms with Gasteiger partial charge in [0.05, 0.1) is 6.54 Å². The normalized spacial score (nSPS) is 23.6. The predicted molar refractivity (Wildman–Crippen MR) is 64.7 cm³/mol. The topological polar surface area (TPSA) is 54.0 Å². The highest BCUT2D eigenvalue weighted by Gasteiger charge is 2.61. The minimum Gasteiger partial charge on any atom is -0.349 e. The van der Waals surface area contributed by atoms with Crippen LogP contribution in [0.2, 0.25) is 0 Å². The number of alkyl halides is 3. The summed E-state index contributed by atoms with van der Waals surface area (Å²) in [5.74, 6) is -0.974. The minimum absolute atomic E-state index is 0.0369. The van der Waals surface area contributed by atoms with Crippen LogP contribution in [0.15, 0.2) is 5.38 Å². The van der Waals surface area contributed by atoms with E-state index < -0.39 is 17.5 Å². The number of nitrogens with one attached hydrogen (secondary N) is 2. The molecule has 0 aliphatic carbocycles. The zero-order chi connectivity index (χ0) is 14.1. The Labute approximate surface area is 112 Å². The lowest BCUT2D eigenvalue weighted by Crippen LogP contribution is -2.52. The van der Waals surface area contributed by atoms with Crippen LogP contribution < -0.4 is 10.6 Å². The number of rotatable bonds is 3. The number of aromatic nitrogens is 1. The maximum Gasteiger partial charge on any atom is 0.404 e. The summed E-state index contributed by atoms with van der Waals surface area (Å²) >= 11 is 1.32. The molecule has 2 rings (SSSR count). The number of carbonyl (C=O) groups excluding carboxylic acids is 1. The van der Waals surface area contributed by atoms with Crippen LogP contribution in [0.1, 0.15) is 17.1 Å². The molecule has 0 spiro atoms. The van der Waals surface area contributed by atoms with Crippen LogP contribution in [-0.4, -0.2) is 30.2 Å². The summed E-state index contributed by atoms with van der Waals surface area (Å²) < 4.78 is 39.2. The number of halogens is 3. The molecule has 0 bridgehead atoms. The van der Waals surface area contributed by atoms with Crippen molar-refractivity contribution in [2.75, 3.05) is 13.1 Å². The highest BCUT2D eigenvalue weighted by Crippen LogP contribution is 2.43. The zero-order valence-corrected chi connectivity index (χ0v) is 11.1. The molecule has 2 N–H and O–H groups in total. The van der Waals surface area contributed by atoms with Gasteiger partial charge < -0.3 is 10.6 Å². The quantitative estimate of drug-likeness (QED) is 0.890. The van der Waals surface area contributed by atoms with Crippen molar-refractivity contribution in [3.63, 3.8) is 0 Å². The number of hydrogen-bond acceptors (Lipinski definition) is 4. The van der Waals surface area contributed by atoms with Crippen molar-refractivity contribution >= 4 is 17.2 Å². The first kappa shape index (κ1) is 14.3. The van der Waals surface area contributed by atoms with Gasteiger partial charge in [-0.1, -0.05) is 0 Å². The molecule has 1 amide bonds. The van der Waals surface area contributed by atoms with E-state index in [0.29, 0.717) is 5.01 Å². The fourth-order valence-corrected chi connectivity index (χ4v) is 2.78. The van der Waals surface area contributed by atoms with E-state index in [1.807, 2.05) is 0 Å². The molecule has 1 saturated heterocycles.